The molecule has 4 rings (SSSR count). The van der Waals surface area contributed by atoms with Crippen LogP contribution in [0.1, 0.15) is 34.1 Å². The zero-order valence-electron chi connectivity index (χ0n) is 20.8. The van der Waals surface area contributed by atoms with E-state index < -0.39 is 8.32 Å². The van der Waals surface area contributed by atoms with Gasteiger partial charge >= 0.3 is 217 Å². The van der Waals surface area contributed by atoms with Crippen molar-refractivity contribution in [1.29, 1.82) is 0 Å². The Morgan fingerprint density at radius 1 is 0.914 bits per heavy atom. The molecule has 3 aromatic carbocycles. The van der Waals surface area contributed by atoms with Crippen molar-refractivity contribution in [2.24, 2.45) is 0 Å². The molecule has 3 aromatic rings. The Hall–Kier alpha value is -2.21. The number of hydrogen-bond donors (Lipinski definition) is 0. The molecule has 1 saturated heterocycles. The third-order valence-corrected chi connectivity index (χ3v) is 13.7. The van der Waals surface area contributed by atoms with Crippen LogP contribution in [0.5, 0.6) is 0 Å². The van der Waals surface area contributed by atoms with Crippen LogP contribution in [0.4, 0.5) is 0 Å². The van der Waals surface area contributed by atoms with Crippen LogP contribution in [-0.4, -0.2) is 53.1 Å². The van der Waals surface area contributed by atoms with Crippen LogP contribution in [0, 0.1) is 0 Å². The molecule has 3 atom stereocenters. The summed E-state index contributed by atoms with van der Waals surface area (Å²) in [4.78, 5) is 11.9. The van der Waals surface area contributed by atoms with E-state index in [0.29, 0.717) is 13.0 Å². The van der Waals surface area contributed by atoms with Crippen molar-refractivity contribution >= 4 is 44.1 Å². The molecule has 0 aliphatic carbocycles. The first kappa shape index (κ1) is 25.9. The molecule has 0 radical (unpaired) electrons. The fraction of sp³-hybridized carbons (Fsp3) is 0.345. The number of benzene rings is 3. The number of carbonyl (C=O) groups excluding carboxylic acids is 1. The monoisotopic (exact) mass is 554 g/mol. The molecule has 0 N–H and O–H groups in total. The SMILES string of the molecule is CC(=O)O[C@H]1CC([Se]c2ccccc2)O[C@@H]1CO[Si](c1ccccc1)(c1ccccc1)C(C)(C)C. The van der Waals surface area contributed by atoms with Crippen molar-refractivity contribution in [2.75, 3.05) is 6.61 Å². The first-order valence-electron chi connectivity index (χ1n) is 12.1. The minimum atomic E-state index is -2.70. The minimum absolute atomic E-state index is 0.0435. The number of esters is 1. The number of rotatable bonds is 8. The molecule has 0 aromatic heterocycles. The van der Waals surface area contributed by atoms with Crippen LogP contribution >= 0.6 is 0 Å². The molecule has 0 saturated carbocycles. The molecule has 1 fully saturated rings. The molecule has 4 nitrogen and oxygen atoms in total. The van der Waals surface area contributed by atoms with E-state index in [1.807, 2.05) is 18.2 Å². The van der Waals surface area contributed by atoms with Gasteiger partial charge in [-0.2, -0.15) is 0 Å². The van der Waals surface area contributed by atoms with Gasteiger partial charge in [0.05, 0.1) is 0 Å². The summed E-state index contributed by atoms with van der Waals surface area (Å²) < 4.78 is 20.6. The zero-order valence-corrected chi connectivity index (χ0v) is 23.6. The predicted octanol–water partition coefficient (Wildman–Crippen LogP) is 3.64. The van der Waals surface area contributed by atoms with Gasteiger partial charge in [-0.1, -0.05) is 0 Å². The summed E-state index contributed by atoms with van der Waals surface area (Å²) in [6.07, 6.45) is 0.0981. The van der Waals surface area contributed by atoms with Crippen molar-refractivity contribution in [1.82, 2.24) is 0 Å². The second-order valence-corrected chi connectivity index (χ2v) is 16.8. The normalized spacial score (nSPS) is 20.5. The van der Waals surface area contributed by atoms with Crippen LogP contribution in [0.3, 0.4) is 0 Å². The van der Waals surface area contributed by atoms with E-state index >= 15 is 0 Å². The Bertz CT molecular complexity index is 1050. The maximum absolute atomic E-state index is 11.9. The molecule has 1 heterocycles. The van der Waals surface area contributed by atoms with Crippen molar-refractivity contribution in [2.45, 2.75) is 56.4 Å². The molecule has 184 valence electrons. The standard InChI is InChI=1S/C29H34O4SeSi/c1-22(30)32-26-20-28(34-23-14-8-5-9-15-23)33-27(26)21-31-35(29(2,3)4,24-16-10-6-11-17-24)25-18-12-7-13-19-25/h5-19,26-28H,20-21H2,1-4H3/t26-,27+,28?/m0/s1. The molecule has 35 heavy (non-hydrogen) atoms. The Labute approximate surface area is 216 Å². The summed E-state index contributed by atoms with van der Waals surface area (Å²) in [5.74, 6) is -0.276. The van der Waals surface area contributed by atoms with Crippen molar-refractivity contribution < 1.29 is 18.7 Å². The van der Waals surface area contributed by atoms with E-state index in [1.54, 1.807) is 0 Å². The number of ether oxygens (including phenoxy) is 2. The molecule has 1 aliphatic heterocycles. The van der Waals surface area contributed by atoms with Gasteiger partial charge < -0.3 is 0 Å². The van der Waals surface area contributed by atoms with Gasteiger partial charge in [-0.25, -0.2) is 0 Å². The van der Waals surface area contributed by atoms with E-state index in [0.717, 1.165) is 0 Å². The zero-order chi connectivity index (χ0) is 24.9. The van der Waals surface area contributed by atoms with Crippen LogP contribution in [0.2, 0.25) is 5.04 Å². The van der Waals surface area contributed by atoms with Crippen molar-refractivity contribution in [3.63, 3.8) is 0 Å². The molecule has 1 unspecified atom stereocenters. The fourth-order valence-corrected chi connectivity index (χ4v) is 11.7. The van der Waals surface area contributed by atoms with Gasteiger partial charge in [0.1, 0.15) is 0 Å². The summed E-state index contributed by atoms with van der Waals surface area (Å²) in [6.45, 7) is 8.64. The van der Waals surface area contributed by atoms with Gasteiger partial charge in [-0.15, -0.1) is 0 Å². The van der Waals surface area contributed by atoms with Crippen LogP contribution in [-0.2, 0) is 18.7 Å². The van der Waals surface area contributed by atoms with E-state index in [9.17, 15) is 4.79 Å². The number of carbonyl (C=O) groups is 1. The van der Waals surface area contributed by atoms with E-state index in [2.05, 4.69) is 93.6 Å². The van der Waals surface area contributed by atoms with Crippen LogP contribution in [0.15, 0.2) is 91.0 Å². The Morgan fingerprint density at radius 2 is 1.43 bits per heavy atom. The summed E-state index contributed by atoms with van der Waals surface area (Å²) in [5, 5.41) is 2.37. The Morgan fingerprint density at radius 3 is 1.91 bits per heavy atom. The van der Waals surface area contributed by atoms with Gasteiger partial charge in [0.2, 0.25) is 0 Å². The van der Waals surface area contributed by atoms with Gasteiger partial charge in [0, 0.05) is 0 Å². The quantitative estimate of drug-likeness (QED) is 0.316. The Kier molecular flexibility index (Phi) is 8.30. The van der Waals surface area contributed by atoms with Gasteiger partial charge in [0.25, 0.3) is 0 Å². The molecule has 1 aliphatic rings. The van der Waals surface area contributed by atoms with Crippen LogP contribution < -0.4 is 14.8 Å². The summed E-state index contributed by atoms with van der Waals surface area (Å²) in [6, 6.07) is 31.6. The average Bonchev–Trinajstić information content (AvgIpc) is 3.20. The average molecular weight is 554 g/mol. The third kappa shape index (κ3) is 5.96. The van der Waals surface area contributed by atoms with E-state index in [4.69, 9.17) is 13.9 Å². The van der Waals surface area contributed by atoms with Crippen LogP contribution in [0.25, 0.3) is 0 Å². The predicted molar refractivity (Wildman–Crippen MR) is 144 cm³/mol. The van der Waals surface area contributed by atoms with Crippen molar-refractivity contribution in [3.8, 4) is 0 Å². The van der Waals surface area contributed by atoms with E-state index in [-0.39, 0.29) is 43.2 Å². The summed E-state index contributed by atoms with van der Waals surface area (Å²) in [5.41, 5.74) is 0. The molecule has 0 bridgehead atoms. The summed E-state index contributed by atoms with van der Waals surface area (Å²) in [7, 11) is -2.70. The van der Waals surface area contributed by atoms with E-state index in [1.165, 1.54) is 21.8 Å². The summed E-state index contributed by atoms with van der Waals surface area (Å²) >= 11 is 0.131. The molecular formula is C29H34O4SeSi. The molecule has 0 spiro atoms. The molecular weight excluding hydrogens is 519 g/mol. The van der Waals surface area contributed by atoms with Gasteiger partial charge in [0.15, 0.2) is 0 Å². The Balaban J connectivity index is 1.63. The van der Waals surface area contributed by atoms with Gasteiger partial charge in [-0.05, 0) is 0 Å². The maximum atomic E-state index is 11.9. The number of hydrogen-bond acceptors (Lipinski definition) is 4. The topological polar surface area (TPSA) is 44.8 Å². The molecule has 0 amide bonds. The fourth-order valence-electron chi connectivity index (χ4n) is 4.86. The first-order chi connectivity index (χ1) is 16.8. The first-order valence-corrected chi connectivity index (χ1v) is 15.8. The third-order valence-electron chi connectivity index (χ3n) is 6.37. The van der Waals surface area contributed by atoms with Gasteiger partial charge in [-0.3, -0.25) is 0 Å². The second kappa shape index (κ2) is 11.2. The molecule has 6 heteroatoms. The van der Waals surface area contributed by atoms with Crippen molar-refractivity contribution in [3.05, 3.63) is 91.0 Å². The second-order valence-electron chi connectivity index (χ2n) is 9.89.